The number of carbonyl (C=O) groups excluding carboxylic acids is 2. The second-order valence-electron chi connectivity index (χ2n) is 18.2. The van der Waals surface area contributed by atoms with Gasteiger partial charge in [0.25, 0.3) is 0 Å². The molecule has 47 heavy (non-hydrogen) atoms. The van der Waals surface area contributed by atoms with Crippen LogP contribution in [0.25, 0.3) is 10.1 Å². The number of likely N-dealkylation sites (tertiary alicyclic amines) is 1. The molecule has 7 rings (SSSR count). The van der Waals surface area contributed by atoms with E-state index in [4.69, 9.17) is 4.37 Å². The lowest BCUT2D eigenvalue weighted by Crippen LogP contribution is -2.62. The van der Waals surface area contributed by atoms with Crippen molar-refractivity contribution in [3.05, 3.63) is 23.8 Å². The van der Waals surface area contributed by atoms with Gasteiger partial charge >= 0.3 is 0 Å². The van der Waals surface area contributed by atoms with Gasteiger partial charge in [0.15, 0.2) is 5.82 Å². The summed E-state index contributed by atoms with van der Waals surface area (Å²) in [7, 11) is 2.32. The van der Waals surface area contributed by atoms with Crippen LogP contribution in [0.5, 0.6) is 0 Å². The molecule has 1 aromatic carbocycles. The summed E-state index contributed by atoms with van der Waals surface area (Å²) >= 11 is 1.62. The van der Waals surface area contributed by atoms with Crippen molar-refractivity contribution in [3.8, 4) is 0 Å². The highest BCUT2D eigenvalue weighted by Gasteiger charge is 2.73. The van der Waals surface area contributed by atoms with Crippen molar-refractivity contribution in [1.29, 1.82) is 0 Å². The third kappa shape index (κ3) is 4.60. The van der Waals surface area contributed by atoms with E-state index in [1.54, 1.807) is 11.5 Å². The first-order chi connectivity index (χ1) is 22.0. The van der Waals surface area contributed by atoms with Crippen LogP contribution in [0.1, 0.15) is 87.6 Å². The zero-order valence-corrected chi connectivity index (χ0v) is 31.9. The van der Waals surface area contributed by atoms with E-state index in [9.17, 15) is 9.59 Å². The largest absolute Gasteiger partial charge is 0.352 e. The number of nitrogens with zero attached hydrogens (tertiary/aromatic N) is 4. The molecule has 13 atom stereocenters. The highest BCUT2D eigenvalue weighted by Crippen LogP contribution is 2.70. The monoisotopic (exact) mass is 660 g/mol. The molecule has 2 saturated heterocycles. The number of amides is 2. The minimum Gasteiger partial charge on any atom is -0.352 e. The first kappa shape index (κ1) is 33.5. The Labute approximate surface area is 288 Å². The quantitative estimate of drug-likeness (QED) is 0.305. The number of fused-ring (bicyclic) bond motifs is 6. The molecule has 0 N–H and O–H groups in total. The van der Waals surface area contributed by atoms with Crippen molar-refractivity contribution in [2.45, 2.75) is 107 Å². The van der Waals surface area contributed by atoms with Gasteiger partial charge in [-0.15, -0.1) is 0 Å². The molecule has 5 fully saturated rings. The number of aryl methyl sites for hydroxylation is 1. The van der Waals surface area contributed by atoms with Crippen LogP contribution in [0, 0.1) is 76.9 Å². The van der Waals surface area contributed by atoms with Crippen molar-refractivity contribution < 1.29 is 9.59 Å². The molecule has 5 aliphatic rings. The number of hydrogen-bond donors (Lipinski definition) is 0. The van der Waals surface area contributed by atoms with Gasteiger partial charge in [0, 0.05) is 36.6 Å². The summed E-state index contributed by atoms with van der Waals surface area (Å²) in [5.41, 5.74) is 1.35. The van der Waals surface area contributed by atoms with Crippen molar-refractivity contribution >= 4 is 39.3 Å². The summed E-state index contributed by atoms with van der Waals surface area (Å²) in [6.07, 6.45) is 2.34. The third-order valence-corrected chi connectivity index (χ3v) is 16.5. The summed E-state index contributed by atoms with van der Waals surface area (Å²) < 4.78 is 6.29. The Morgan fingerprint density at radius 1 is 0.894 bits per heavy atom. The van der Waals surface area contributed by atoms with Gasteiger partial charge in [0.1, 0.15) is 0 Å². The number of aromatic nitrogens is 1. The SMILES string of the molecule is Cc1cccc2snc(N3CC(C)N(C)[C@H](C(C)[C@@H]4CCC(C)C(C)(C)[C@H]4[C@H](C)N4C(=O)[C@@H]5[C@H]6C(C)C(C)C([C@@H]5C4=O)C6(C)C)C3)c12. The van der Waals surface area contributed by atoms with E-state index in [1.165, 1.54) is 22.1 Å². The maximum absolute atomic E-state index is 14.6. The van der Waals surface area contributed by atoms with Crippen LogP contribution in [0.2, 0.25) is 0 Å². The Kier molecular flexibility index (Phi) is 8.03. The van der Waals surface area contributed by atoms with E-state index in [1.807, 2.05) is 4.90 Å². The van der Waals surface area contributed by atoms with Gasteiger partial charge in [-0.2, -0.15) is 4.37 Å². The second kappa shape index (κ2) is 11.3. The van der Waals surface area contributed by atoms with Crippen LogP contribution in [0.15, 0.2) is 18.2 Å². The molecule has 0 spiro atoms. The van der Waals surface area contributed by atoms with Gasteiger partial charge in [-0.3, -0.25) is 19.4 Å². The fourth-order valence-corrected chi connectivity index (χ4v) is 13.7. The van der Waals surface area contributed by atoms with Gasteiger partial charge in [-0.1, -0.05) is 67.5 Å². The van der Waals surface area contributed by atoms with E-state index in [0.29, 0.717) is 53.5 Å². The molecular formula is C40H60N4O2S. The normalized spacial score (nSPS) is 41.1. The number of rotatable bonds is 5. The fraction of sp³-hybridized carbons (Fsp3) is 0.775. The molecule has 3 aliphatic carbocycles. The summed E-state index contributed by atoms with van der Waals surface area (Å²) in [5, 5.41) is 1.30. The van der Waals surface area contributed by atoms with Crippen LogP contribution in [-0.4, -0.2) is 64.3 Å². The highest BCUT2D eigenvalue weighted by atomic mass is 32.1. The summed E-state index contributed by atoms with van der Waals surface area (Å²) in [5.74, 6) is 4.31. The molecular weight excluding hydrogens is 601 g/mol. The molecule has 6 nitrogen and oxygen atoms in total. The summed E-state index contributed by atoms with van der Waals surface area (Å²) in [6.45, 7) is 27.8. The lowest BCUT2D eigenvalue weighted by molar-refractivity contribution is -0.150. The van der Waals surface area contributed by atoms with Crippen LogP contribution >= 0.6 is 11.5 Å². The fourth-order valence-electron chi connectivity index (χ4n) is 12.9. The molecule has 7 heteroatoms. The van der Waals surface area contributed by atoms with Gasteiger partial charge in [-0.05, 0) is 122 Å². The number of benzene rings is 1. The molecule has 2 aromatic rings. The summed E-state index contributed by atoms with van der Waals surface area (Å²) in [6, 6.07) is 7.19. The molecule has 258 valence electrons. The van der Waals surface area contributed by atoms with Crippen LogP contribution < -0.4 is 4.90 Å². The van der Waals surface area contributed by atoms with Gasteiger partial charge in [-0.25, -0.2) is 0 Å². The maximum atomic E-state index is 14.6. The average Bonchev–Trinajstić information content (AvgIpc) is 3.66. The Balaban J connectivity index is 1.20. The zero-order chi connectivity index (χ0) is 34.1. The van der Waals surface area contributed by atoms with E-state index in [-0.39, 0.29) is 46.4 Å². The summed E-state index contributed by atoms with van der Waals surface area (Å²) in [4.78, 5) is 36.2. The molecule has 2 amide bonds. The second-order valence-corrected chi connectivity index (χ2v) is 19.0. The number of piperazine rings is 1. The van der Waals surface area contributed by atoms with Gasteiger partial charge < -0.3 is 4.90 Å². The predicted molar refractivity (Wildman–Crippen MR) is 193 cm³/mol. The van der Waals surface area contributed by atoms with Crippen LogP contribution in [0.4, 0.5) is 5.82 Å². The Bertz CT molecular complexity index is 1530. The van der Waals surface area contributed by atoms with E-state index in [0.717, 1.165) is 25.3 Å². The predicted octanol–water partition coefficient (Wildman–Crippen LogP) is 7.99. The van der Waals surface area contributed by atoms with E-state index >= 15 is 0 Å². The van der Waals surface area contributed by atoms with Crippen LogP contribution in [-0.2, 0) is 9.59 Å². The minimum absolute atomic E-state index is 0.00839. The van der Waals surface area contributed by atoms with Crippen molar-refractivity contribution in [3.63, 3.8) is 0 Å². The maximum Gasteiger partial charge on any atom is 0.233 e. The van der Waals surface area contributed by atoms with Crippen molar-refractivity contribution in [1.82, 2.24) is 14.2 Å². The van der Waals surface area contributed by atoms with Crippen molar-refractivity contribution in [2.24, 2.45) is 70.0 Å². The molecule has 3 saturated carbocycles. The zero-order valence-electron chi connectivity index (χ0n) is 31.1. The number of likely N-dealkylation sites (N-methyl/N-ethyl adjacent to an activating group) is 1. The van der Waals surface area contributed by atoms with Gasteiger partial charge in [0.2, 0.25) is 11.8 Å². The number of carbonyl (C=O) groups is 2. The highest BCUT2D eigenvalue weighted by molar-refractivity contribution is 7.13. The number of imide groups is 1. The first-order valence-corrected chi connectivity index (χ1v) is 19.5. The average molecular weight is 661 g/mol. The molecule has 0 radical (unpaired) electrons. The first-order valence-electron chi connectivity index (χ1n) is 18.7. The molecule has 6 unspecified atom stereocenters. The molecule has 3 heterocycles. The van der Waals surface area contributed by atoms with E-state index < -0.39 is 0 Å². The topological polar surface area (TPSA) is 56.8 Å². The van der Waals surface area contributed by atoms with E-state index in [2.05, 4.69) is 111 Å². The number of hydrogen-bond acceptors (Lipinski definition) is 6. The molecule has 2 aliphatic heterocycles. The van der Waals surface area contributed by atoms with Crippen molar-refractivity contribution in [2.75, 3.05) is 25.0 Å². The Hall–Kier alpha value is -1.99. The Morgan fingerprint density at radius 3 is 2.13 bits per heavy atom. The van der Waals surface area contributed by atoms with Gasteiger partial charge in [0.05, 0.1) is 16.5 Å². The third-order valence-electron chi connectivity index (χ3n) is 15.7. The lowest BCUT2D eigenvalue weighted by Gasteiger charge is -2.56. The Morgan fingerprint density at radius 2 is 1.51 bits per heavy atom. The smallest absolute Gasteiger partial charge is 0.233 e. The minimum atomic E-state index is -0.133. The lowest BCUT2D eigenvalue weighted by atomic mass is 9.53. The standard InChI is InChI=1S/C40H60N4O2S/c1-20-14-13-15-29-30(20)36(41-47-29)43-18-22(3)42(12)28(19-43)25(6)27-17-16-21(2)39(8,9)35(27)26(7)44-37(45)31-32(38(44)46)34-24(5)23(4)33(31)40(34,10)11/h13-15,21-28,31-35H,16-19H2,1-12H3/t21?,22?,23?,24?,25?,26-,27-,28-,31-,32+,33+,34?,35-/m0/s1. The molecule has 1 aromatic heterocycles. The number of anilines is 1. The molecule has 2 bridgehead atoms. The van der Waals surface area contributed by atoms with Crippen LogP contribution in [0.3, 0.4) is 0 Å².